The summed E-state index contributed by atoms with van der Waals surface area (Å²) in [5.41, 5.74) is 0.733. The maximum absolute atomic E-state index is 11.6. The second-order valence-electron chi connectivity index (χ2n) is 3.04. The van der Waals surface area contributed by atoms with Gasteiger partial charge in [-0.3, -0.25) is 9.00 Å². The number of carbonyl (C=O) groups is 1. The molecule has 82 valence electrons. The zero-order valence-electron chi connectivity index (χ0n) is 8.80. The molecule has 2 atom stereocenters. The Morgan fingerprint density at radius 2 is 2.00 bits per heavy atom. The molecule has 0 heterocycles. The van der Waals surface area contributed by atoms with E-state index in [0.29, 0.717) is 6.61 Å². The Morgan fingerprint density at radius 3 is 2.47 bits per heavy atom. The largest absolute Gasteiger partial charge is 0.465 e. The molecule has 0 amide bonds. The Morgan fingerprint density at radius 1 is 1.40 bits per heavy atom. The van der Waals surface area contributed by atoms with Gasteiger partial charge in [0.1, 0.15) is 0 Å². The first-order valence-corrected chi connectivity index (χ1v) is 6.32. The van der Waals surface area contributed by atoms with Crippen LogP contribution < -0.4 is 0 Å². The zero-order chi connectivity index (χ0) is 11.3. The van der Waals surface area contributed by atoms with Crippen molar-refractivity contribution in [3.63, 3.8) is 0 Å². The van der Waals surface area contributed by atoms with Gasteiger partial charge in [-0.25, -0.2) is 0 Å². The molecule has 0 aliphatic heterocycles. The summed E-state index contributed by atoms with van der Waals surface area (Å²) in [6, 6.07) is 9.04. The van der Waals surface area contributed by atoms with Gasteiger partial charge in [-0.1, -0.05) is 30.3 Å². The van der Waals surface area contributed by atoms with Crippen LogP contribution in [0.1, 0.15) is 17.7 Å². The van der Waals surface area contributed by atoms with E-state index < -0.39 is 22.0 Å². The van der Waals surface area contributed by atoms with E-state index in [9.17, 15) is 9.00 Å². The predicted molar refractivity (Wildman–Crippen MR) is 59.9 cm³/mol. The molecule has 0 bridgehead atoms. The van der Waals surface area contributed by atoms with E-state index in [1.54, 1.807) is 19.1 Å². The van der Waals surface area contributed by atoms with Gasteiger partial charge in [0.2, 0.25) is 0 Å². The minimum atomic E-state index is -1.26. The van der Waals surface area contributed by atoms with Crippen LogP contribution in [0, 0.1) is 0 Å². The van der Waals surface area contributed by atoms with E-state index in [1.807, 2.05) is 18.2 Å². The molecule has 0 saturated heterocycles. The van der Waals surface area contributed by atoms with Crippen LogP contribution >= 0.6 is 0 Å². The van der Waals surface area contributed by atoms with Gasteiger partial charge < -0.3 is 4.74 Å². The van der Waals surface area contributed by atoms with Crippen molar-refractivity contribution in [2.45, 2.75) is 12.2 Å². The molecule has 0 fully saturated rings. The van der Waals surface area contributed by atoms with Gasteiger partial charge in [-0.05, 0) is 12.5 Å². The standard InChI is InChI=1S/C11H14O3S/c1-3-14-11(12)10(15(2)13)9-7-5-4-6-8-9/h4-8,10H,3H2,1-2H3/t10-,15-/m1/s1. The highest BCUT2D eigenvalue weighted by Gasteiger charge is 2.25. The lowest BCUT2D eigenvalue weighted by molar-refractivity contribution is -0.142. The van der Waals surface area contributed by atoms with Crippen LogP contribution in [0.2, 0.25) is 0 Å². The number of hydrogen-bond donors (Lipinski definition) is 0. The fraction of sp³-hybridized carbons (Fsp3) is 0.364. The van der Waals surface area contributed by atoms with Crippen molar-refractivity contribution < 1.29 is 13.7 Å². The molecule has 0 aliphatic rings. The lowest BCUT2D eigenvalue weighted by Gasteiger charge is -2.12. The van der Waals surface area contributed by atoms with Crippen molar-refractivity contribution >= 4 is 16.8 Å². The fourth-order valence-electron chi connectivity index (χ4n) is 1.31. The van der Waals surface area contributed by atoms with Crippen LogP contribution in [-0.2, 0) is 20.3 Å². The summed E-state index contributed by atoms with van der Waals surface area (Å²) in [7, 11) is -1.26. The fourth-order valence-corrected chi connectivity index (χ4v) is 2.19. The third kappa shape index (κ3) is 3.16. The molecule has 0 aromatic heterocycles. The Balaban J connectivity index is 2.94. The van der Waals surface area contributed by atoms with Crippen molar-refractivity contribution in [1.82, 2.24) is 0 Å². The van der Waals surface area contributed by atoms with Gasteiger partial charge in [0.15, 0.2) is 5.25 Å². The van der Waals surface area contributed by atoms with E-state index in [2.05, 4.69) is 0 Å². The first kappa shape index (κ1) is 11.9. The number of rotatable bonds is 4. The molecule has 15 heavy (non-hydrogen) atoms. The third-order valence-electron chi connectivity index (χ3n) is 1.93. The maximum Gasteiger partial charge on any atom is 0.326 e. The molecule has 0 saturated carbocycles. The SMILES string of the molecule is CCOC(=O)[C@@H](c1ccccc1)[S@@](C)=O. The summed E-state index contributed by atoms with van der Waals surface area (Å²) in [4.78, 5) is 11.6. The van der Waals surface area contributed by atoms with E-state index >= 15 is 0 Å². The van der Waals surface area contributed by atoms with E-state index in [1.165, 1.54) is 6.26 Å². The van der Waals surface area contributed by atoms with E-state index in [0.717, 1.165) is 5.56 Å². The second-order valence-corrected chi connectivity index (χ2v) is 4.51. The number of benzene rings is 1. The van der Waals surface area contributed by atoms with Gasteiger partial charge in [-0.15, -0.1) is 0 Å². The van der Waals surface area contributed by atoms with Crippen LogP contribution in [0.5, 0.6) is 0 Å². The summed E-state index contributed by atoms with van der Waals surface area (Å²) in [5, 5.41) is -0.675. The second kappa shape index (κ2) is 5.66. The molecule has 4 heteroatoms. The average Bonchev–Trinajstić information content (AvgIpc) is 2.19. The van der Waals surface area contributed by atoms with Crippen LogP contribution in [-0.4, -0.2) is 23.0 Å². The molecule has 0 N–H and O–H groups in total. The molecule has 0 unspecified atom stereocenters. The Hall–Kier alpha value is -1.16. The maximum atomic E-state index is 11.6. The zero-order valence-corrected chi connectivity index (χ0v) is 9.62. The molecular formula is C11H14O3S. The number of esters is 1. The Labute approximate surface area is 91.9 Å². The topological polar surface area (TPSA) is 43.4 Å². The third-order valence-corrected chi connectivity index (χ3v) is 3.06. The van der Waals surface area contributed by atoms with Gasteiger partial charge in [-0.2, -0.15) is 0 Å². The smallest absolute Gasteiger partial charge is 0.326 e. The first-order chi connectivity index (χ1) is 7.16. The molecule has 1 aromatic carbocycles. The summed E-state index contributed by atoms with van der Waals surface area (Å²) in [6.07, 6.45) is 1.51. The lowest BCUT2D eigenvalue weighted by Crippen LogP contribution is -2.19. The highest BCUT2D eigenvalue weighted by molar-refractivity contribution is 7.85. The van der Waals surface area contributed by atoms with Crippen molar-refractivity contribution in [3.8, 4) is 0 Å². The van der Waals surface area contributed by atoms with Gasteiger partial charge in [0, 0.05) is 17.1 Å². The quantitative estimate of drug-likeness (QED) is 0.733. The molecule has 0 aliphatic carbocycles. The highest BCUT2D eigenvalue weighted by Crippen LogP contribution is 2.20. The molecule has 1 aromatic rings. The summed E-state index contributed by atoms with van der Waals surface area (Å²) < 4.78 is 16.4. The molecular weight excluding hydrogens is 212 g/mol. The lowest BCUT2D eigenvalue weighted by atomic mass is 10.1. The number of hydrogen-bond acceptors (Lipinski definition) is 3. The van der Waals surface area contributed by atoms with Crippen molar-refractivity contribution in [2.75, 3.05) is 12.9 Å². The minimum absolute atomic E-state index is 0.305. The summed E-state index contributed by atoms with van der Waals surface area (Å²) in [6.45, 7) is 2.04. The van der Waals surface area contributed by atoms with E-state index in [4.69, 9.17) is 4.74 Å². The number of ether oxygens (including phenoxy) is 1. The first-order valence-electron chi connectivity index (χ1n) is 4.70. The molecule has 0 radical (unpaired) electrons. The van der Waals surface area contributed by atoms with Gasteiger partial charge >= 0.3 is 5.97 Å². The summed E-state index contributed by atoms with van der Waals surface area (Å²) >= 11 is 0. The Kier molecular flexibility index (Phi) is 4.49. The minimum Gasteiger partial charge on any atom is -0.465 e. The predicted octanol–water partition coefficient (Wildman–Crippen LogP) is 1.67. The van der Waals surface area contributed by atoms with Crippen molar-refractivity contribution in [3.05, 3.63) is 35.9 Å². The van der Waals surface area contributed by atoms with Crippen molar-refractivity contribution in [2.24, 2.45) is 0 Å². The van der Waals surface area contributed by atoms with E-state index in [-0.39, 0.29) is 0 Å². The number of carbonyl (C=O) groups excluding carboxylic acids is 1. The summed E-state index contributed by atoms with van der Waals surface area (Å²) in [5.74, 6) is -0.426. The molecule has 1 rings (SSSR count). The van der Waals surface area contributed by atoms with Crippen LogP contribution in [0.4, 0.5) is 0 Å². The highest BCUT2D eigenvalue weighted by atomic mass is 32.2. The monoisotopic (exact) mass is 226 g/mol. The average molecular weight is 226 g/mol. The van der Waals surface area contributed by atoms with Crippen LogP contribution in [0.25, 0.3) is 0 Å². The Bertz CT molecular complexity index is 348. The van der Waals surface area contributed by atoms with Gasteiger partial charge in [0.25, 0.3) is 0 Å². The van der Waals surface area contributed by atoms with Crippen molar-refractivity contribution in [1.29, 1.82) is 0 Å². The molecule has 0 spiro atoms. The van der Waals surface area contributed by atoms with Gasteiger partial charge in [0.05, 0.1) is 6.61 Å². The van der Waals surface area contributed by atoms with Crippen LogP contribution in [0.3, 0.4) is 0 Å². The van der Waals surface area contributed by atoms with Crippen LogP contribution in [0.15, 0.2) is 30.3 Å². The molecule has 3 nitrogen and oxygen atoms in total. The normalized spacial score (nSPS) is 14.3.